The predicted octanol–water partition coefficient (Wildman–Crippen LogP) is 4.45. The van der Waals surface area contributed by atoms with Crippen LogP contribution >= 0.6 is 0 Å². The second kappa shape index (κ2) is 10.4. The van der Waals surface area contributed by atoms with Crippen molar-refractivity contribution in [3.8, 4) is 11.4 Å². The van der Waals surface area contributed by atoms with E-state index < -0.39 is 47.2 Å². The van der Waals surface area contributed by atoms with Gasteiger partial charge in [0.1, 0.15) is 6.54 Å². The van der Waals surface area contributed by atoms with Crippen molar-refractivity contribution in [2.45, 2.75) is 44.8 Å². The SMILES string of the molecule is COCCn1c(-c2ccc(C(F)(F)F)cc2)nn(CC(=O)NC(C)(C)c2cccc(C(F)(F)F)c2)c1=O. The van der Waals surface area contributed by atoms with Gasteiger partial charge in [-0.2, -0.15) is 26.3 Å². The van der Waals surface area contributed by atoms with Gasteiger partial charge in [-0.05, 0) is 43.7 Å². The van der Waals surface area contributed by atoms with Crippen molar-refractivity contribution >= 4 is 5.91 Å². The Morgan fingerprint density at radius 1 is 0.946 bits per heavy atom. The van der Waals surface area contributed by atoms with Gasteiger partial charge in [-0.25, -0.2) is 9.48 Å². The molecule has 2 aromatic carbocycles. The fourth-order valence-electron chi connectivity index (χ4n) is 3.63. The van der Waals surface area contributed by atoms with Gasteiger partial charge in [-0.3, -0.25) is 9.36 Å². The average Bonchev–Trinajstić information content (AvgIpc) is 3.11. The lowest BCUT2D eigenvalue weighted by atomic mass is 9.92. The third-order valence-corrected chi connectivity index (χ3v) is 5.57. The minimum atomic E-state index is -4.56. The zero-order valence-electron chi connectivity index (χ0n) is 20.1. The molecule has 0 aliphatic rings. The molecule has 0 aliphatic carbocycles. The molecule has 0 bridgehead atoms. The molecular weight excluding hydrogens is 506 g/mol. The molecule has 3 rings (SSSR count). The van der Waals surface area contributed by atoms with E-state index in [-0.39, 0.29) is 30.1 Å². The fourth-order valence-corrected chi connectivity index (χ4v) is 3.63. The summed E-state index contributed by atoms with van der Waals surface area (Å²) in [5, 5.41) is 6.73. The molecule has 7 nitrogen and oxygen atoms in total. The van der Waals surface area contributed by atoms with E-state index in [1.807, 2.05) is 0 Å². The molecule has 0 fully saturated rings. The highest BCUT2D eigenvalue weighted by atomic mass is 19.4. The maximum Gasteiger partial charge on any atom is 0.416 e. The van der Waals surface area contributed by atoms with Gasteiger partial charge >= 0.3 is 18.0 Å². The molecule has 1 aromatic heterocycles. The molecule has 37 heavy (non-hydrogen) atoms. The highest BCUT2D eigenvalue weighted by Crippen LogP contribution is 2.32. The molecule has 3 aromatic rings. The Morgan fingerprint density at radius 3 is 2.11 bits per heavy atom. The molecular formula is C24H24F6N4O3. The van der Waals surface area contributed by atoms with Crippen LogP contribution in [0.15, 0.2) is 53.3 Å². The zero-order chi connectivity index (χ0) is 27.6. The standard InChI is InChI=1S/C24H24F6N4O3/c1-22(2,17-5-4-6-18(13-17)24(28,29)30)31-19(35)14-34-21(36)33(11-12-37-3)20(32-34)15-7-9-16(10-8-15)23(25,26)27/h4-10,13H,11-12,14H2,1-3H3,(H,31,35). The molecule has 1 amide bonds. The summed E-state index contributed by atoms with van der Waals surface area (Å²) in [7, 11) is 1.40. The van der Waals surface area contributed by atoms with Crippen molar-refractivity contribution in [2.24, 2.45) is 0 Å². The summed E-state index contributed by atoms with van der Waals surface area (Å²) in [6.07, 6.45) is -9.11. The number of hydrogen-bond donors (Lipinski definition) is 1. The summed E-state index contributed by atoms with van der Waals surface area (Å²) >= 11 is 0. The van der Waals surface area contributed by atoms with Crippen LogP contribution in [0, 0.1) is 0 Å². The van der Waals surface area contributed by atoms with E-state index >= 15 is 0 Å². The van der Waals surface area contributed by atoms with Gasteiger partial charge in [-0.1, -0.05) is 24.3 Å². The summed E-state index contributed by atoms with van der Waals surface area (Å²) in [6.45, 7) is 2.55. The molecule has 0 saturated heterocycles. The number of nitrogens with zero attached hydrogens (tertiary/aromatic N) is 3. The van der Waals surface area contributed by atoms with Crippen molar-refractivity contribution < 1.29 is 35.9 Å². The van der Waals surface area contributed by atoms with E-state index in [1.165, 1.54) is 33.1 Å². The van der Waals surface area contributed by atoms with Crippen LogP contribution in [0.1, 0.15) is 30.5 Å². The Morgan fingerprint density at radius 2 is 1.54 bits per heavy atom. The first-order chi connectivity index (χ1) is 17.1. The first kappa shape index (κ1) is 28.0. The highest BCUT2D eigenvalue weighted by molar-refractivity contribution is 5.76. The summed E-state index contributed by atoms with van der Waals surface area (Å²) in [5.74, 6) is -0.680. The first-order valence-corrected chi connectivity index (χ1v) is 11.0. The Hall–Kier alpha value is -3.61. The van der Waals surface area contributed by atoms with E-state index in [1.54, 1.807) is 0 Å². The van der Waals surface area contributed by atoms with E-state index in [0.29, 0.717) is 0 Å². The summed E-state index contributed by atoms with van der Waals surface area (Å²) in [4.78, 5) is 25.7. The molecule has 0 saturated carbocycles. The third-order valence-electron chi connectivity index (χ3n) is 5.57. The van der Waals surface area contributed by atoms with Gasteiger partial charge in [0.2, 0.25) is 5.91 Å². The highest BCUT2D eigenvalue weighted by Gasteiger charge is 2.33. The van der Waals surface area contributed by atoms with Crippen molar-refractivity contribution in [2.75, 3.05) is 13.7 Å². The van der Waals surface area contributed by atoms with Crippen LogP contribution in [0.5, 0.6) is 0 Å². The van der Waals surface area contributed by atoms with Crippen molar-refractivity contribution in [1.82, 2.24) is 19.7 Å². The number of ether oxygens (including phenoxy) is 1. The van der Waals surface area contributed by atoms with Crippen LogP contribution in [0.2, 0.25) is 0 Å². The number of methoxy groups -OCH3 is 1. The zero-order valence-corrected chi connectivity index (χ0v) is 20.1. The molecule has 0 aliphatic heterocycles. The minimum absolute atomic E-state index is 0.0169. The molecule has 0 unspecified atom stereocenters. The second-order valence-electron chi connectivity index (χ2n) is 8.74. The number of aromatic nitrogens is 3. The quantitative estimate of drug-likeness (QED) is 0.437. The summed E-state index contributed by atoms with van der Waals surface area (Å²) in [5.41, 5.74) is -3.28. The van der Waals surface area contributed by atoms with Crippen LogP contribution in [0.3, 0.4) is 0 Å². The van der Waals surface area contributed by atoms with Crippen LogP contribution in [-0.4, -0.2) is 34.0 Å². The number of amides is 1. The van der Waals surface area contributed by atoms with E-state index in [2.05, 4.69) is 10.4 Å². The Kier molecular flexibility index (Phi) is 7.86. The molecule has 1 heterocycles. The van der Waals surface area contributed by atoms with E-state index in [9.17, 15) is 35.9 Å². The molecule has 1 N–H and O–H groups in total. The predicted molar refractivity (Wildman–Crippen MR) is 121 cm³/mol. The van der Waals surface area contributed by atoms with Gasteiger partial charge in [0.05, 0.1) is 29.8 Å². The lowest BCUT2D eigenvalue weighted by Gasteiger charge is -2.27. The Bertz CT molecular complexity index is 1310. The van der Waals surface area contributed by atoms with Crippen molar-refractivity contribution in [1.29, 1.82) is 0 Å². The second-order valence-corrected chi connectivity index (χ2v) is 8.74. The number of nitrogens with one attached hydrogen (secondary N) is 1. The number of carbonyl (C=O) groups excluding carboxylic acids is 1. The molecule has 0 atom stereocenters. The van der Waals surface area contributed by atoms with Crippen molar-refractivity contribution in [3.63, 3.8) is 0 Å². The normalized spacial score (nSPS) is 12.6. The van der Waals surface area contributed by atoms with Gasteiger partial charge in [0.25, 0.3) is 0 Å². The largest absolute Gasteiger partial charge is 0.416 e. The number of halogens is 6. The van der Waals surface area contributed by atoms with Crippen LogP contribution < -0.4 is 11.0 Å². The van der Waals surface area contributed by atoms with Gasteiger partial charge < -0.3 is 10.1 Å². The molecule has 200 valence electrons. The van der Waals surface area contributed by atoms with Gasteiger partial charge in [0.15, 0.2) is 5.82 Å². The van der Waals surface area contributed by atoms with E-state index in [0.717, 1.165) is 45.6 Å². The van der Waals surface area contributed by atoms with Gasteiger partial charge in [0, 0.05) is 12.7 Å². The minimum Gasteiger partial charge on any atom is -0.383 e. The lowest BCUT2D eigenvalue weighted by Crippen LogP contribution is -2.44. The van der Waals surface area contributed by atoms with Crippen LogP contribution in [0.4, 0.5) is 26.3 Å². The third kappa shape index (κ3) is 6.59. The average molecular weight is 530 g/mol. The maximum atomic E-state index is 13.1. The van der Waals surface area contributed by atoms with Crippen LogP contribution in [0.25, 0.3) is 11.4 Å². The molecule has 0 radical (unpaired) electrons. The maximum absolute atomic E-state index is 13.1. The van der Waals surface area contributed by atoms with Crippen molar-refractivity contribution in [3.05, 3.63) is 75.7 Å². The monoisotopic (exact) mass is 530 g/mol. The topological polar surface area (TPSA) is 78.2 Å². The smallest absolute Gasteiger partial charge is 0.383 e. The number of alkyl halides is 6. The molecule has 0 spiro atoms. The van der Waals surface area contributed by atoms with Gasteiger partial charge in [-0.15, -0.1) is 5.10 Å². The number of benzene rings is 2. The van der Waals surface area contributed by atoms with Crippen LogP contribution in [-0.2, 0) is 40.5 Å². The number of carbonyl (C=O) groups is 1. The Balaban J connectivity index is 1.87. The molecule has 13 heteroatoms. The first-order valence-electron chi connectivity index (χ1n) is 11.0. The summed E-state index contributed by atoms with van der Waals surface area (Å²) in [6, 6.07) is 8.52. The summed E-state index contributed by atoms with van der Waals surface area (Å²) < 4.78 is 85.1. The Labute approximate surface area is 207 Å². The number of hydrogen-bond acceptors (Lipinski definition) is 4. The van der Waals surface area contributed by atoms with E-state index in [4.69, 9.17) is 4.74 Å². The fraction of sp³-hybridized carbons (Fsp3) is 0.375. The lowest BCUT2D eigenvalue weighted by molar-refractivity contribution is -0.138. The number of rotatable bonds is 8.